The smallest absolute Gasteiger partial charge is 0.387 e. The van der Waals surface area contributed by atoms with Crippen LogP contribution in [-0.2, 0) is 0 Å². The lowest BCUT2D eigenvalue weighted by Gasteiger charge is -2.03. The Kier molecular flexibility index (Phi) is 2.37. The van der Waals surface area contributed by atoms with Gasteiger partial charge in [0.25, 0.3) is 0 Å². The molecule has 0 unspecified atom stereocenters. The van der Waals surface area contributed by atoms with Crippen molar-refractivity contribution in [2.45, 2.75) is 13.5 Å². The SMILES string of the molecule is Cc1cc2ccc(OC(F)F)cc2s1. The lowest BCUT2D eigenvalue weighted by molar-refractivity contribution is -0.0497. The molecule has 2 aromatic rings. The van der Waals surface area contributed by atoms with Gasteiger partial charge < -0.3 is 4.74 Å². The molecule has 0 N–H and O–H groups in total. The third kappa shape index (κ3) is 1.85. The number of aryl methyl sites for hydroxylation is 1. The van der Waals surface area contributed by atoms with E-state index in [1.54, 1.807) is 29.5 Å². The van der Waals surface area contributed by atoms with E-state index in [2.05, 4.69) is 4.74 Å². The summed E-state index contributed by atoms with van der Waals surface area (Å²) in [4.78, 5) is 1.16. The number of alkyl halides is 2. The lowest BCUT2D eigenvalue weighted by atomic mass is 10.2. The molecule has 2 rings (SSSR count). The number of benzene rings is 1. The molecule has 0 saturated heterocycles. The molecule has 14 heavy (non-hydrogen) atoms. The summed E-state index contributed by atoms with van der Waals surface area (Å²) in [5.41, 5.74) is 0. The van der Waals surface area contributed by atoms with Crippen LogP contribution in [0.4, 0.5) is 8.78 Å². The summed E-state index contributed by atoms with van der Waals surface area (Å²) >= 11 is 1.57. The predicted molar refractivity (Wildman–Crippen MR) is 53.2 cm³/mol. The Labute approximate surface area is 83.9 Å². The number of fused-ring (bicyclic) bond motifs is 1. The molecule has 74 valence electrons. The maximum Gasteiger partial charge on any atom is 0.387 e. The van der Waals surface area contributed by atoms with E-state index in [0.29, 0.717) is 0 Å². The van der Waals surface area contributed by atoms with Crippen LogP contribution in [0.1, 0.15) is 4.88 Å². The summed E-state index contributed by atoms with van der Waals surface area (Å²) in [6.45, 7) is -0.772. The van der Waals surface area contributed by atoms with E-state index >= 15 is 0 Å². The standard InChI is InChI=1S/C10H8F2OS/c1-6-4-7-2-3-8(13-10(11)12)5-9(7)14-6/h2-5,10H,1H3. The Morgan fingerprint density at radius 3 is 2.79 bits per heavy atom. The van der Waals surface area contributed by atoms with Crippen molar-refractivity contribution in [3.8, 4) is 5.75 Å². The summed E-state index contributed by atoms with van der Waals surface area (Å²) in [6.07, 6.45) is 0. The van der Waals surface area contributed by atoms with E-state index in [4.69, 9.17) is 0 Å². The van der Waals surface area contributed by atoms with Crippen LogP contribution in [0.25, 0.3) is 10.1 Å². The van der Waals surface area contributed by atoms with Gasteiger partial charge in [0, 0.05) is 9.58 Å². The van der Waals surface area contributed by atoms with Crippen molar-refractivity contribution in [2.75, 3.05) is 0 Å². The Morgan fingerprint density at radius 2 is 2.07 bits per heavy atom. The molecule has 1 aromatic carbocycles. The van der Waals surface area contributed by atoms with Crippen LogP contribution in [0.3, 0.4) is 0 Å². The topological polar surface area (TPSA) is 9.23 Å². The first kappa shape index (κ1) is 9.40. The molecule has 0 spiro atoms. The first-order valence-electron chi connectivity index (χ1n) is 4.10. The molecular weight excluding hydrogens is 206 g/mol. The van der Waals surface area contributed by atoms with E-state index in [9.17, 15) is 8.78 Å². The number of hydrogen-bond acceptors (Lipinski definition) is 2. The molecule has 0 bridgehead atoms. The Bertz CT molecular complexity index is 450. The van der Waals surface area contributed by atoms with Crippen molar-refractivity contribution in [3.63, 3.8) is 0 Å². The van der Waals surface area contributed by atoms with Gasteiger partial charge in [-0.05, 0) is 36.6 Å². The number of thiophene rings is 1. The Balaban J connectivity index is 2.40. The van der Waals surface area contributed by atoms with Crippen LogP contribution in [0.2, 0.25) is 0 Å². The second-order valence-electron chi connectivity index (χ2n) is 2.94. The van der Waals surface area contributed by atoms with E-state index in [0.717, 1.165) is 15.0 Å². The van der Waals surface area contributed by atoms with Crippen LogP contribution in [0.15, 0.2) is 24.3 Å². The molecular formula is C10H8F2OS. The number of hydrogen-bond donors (Lipinski definition) is 0. The van der Waals surface area contributed by atoms with Crippen LogP contribution < -0.4 is 4.74 Å². The lowest BCUT2D eigenvalue weighted by Crippen LogP contribution is -2.01. The number of rotatable bonds is 2. The van der Waals surface area contributed by atoms with Crippen molar-refractivity contribution in [3.05, 3.63) is 29.1 Å². The molecule has 0 amide bonds. The van der Waals surface area contributed by atoms with Gasteiger partial charge in [0.05, 0.1) is 0 Å². The third-order valence-electron chi connectivity index (χ3n) is 1.84. The second kappa shape index (κ2) is 3.53. The van der Waals surface area contributed by atoms with E-state index in [-0.39, 0.29) is 5.75 Å². The molecule has 0 aliphatic rings. The molecule has 0 aliphatic carbocycles. The van der Waals surface area contributed by atoms with Crippen LogP contribution >= 0.6 is 11.3 Å². The zero-order valence-electron chi connectivity index (χ0n) is 7.46. The highest BCUT2D eigenvalue weighted by atomic mass is 32.1. The van der Waals surface area contributed by atoms with Gasteiger partial charge in [-0.1, -0.05) is 0 Å². The molecule has 4 heteroatoms. The van der Waals surface area contributed by atoms with Gasteiger partial charge in [0.1, 0.15) is 5.75 Å². The molecule has 1 nitrogen and oxygen atoms in total. The summed E-state index contributed by atoms with van der Waals surface area (Å²) in [7, 11) is 0. The molecule has 0 saturated carbocycles. The molecule has 0 fully saturated rings. The normalized spacial score (nSPS) is 11.1. The van der Waals surface area contributed by atoms with Crippen molar-refractivity contribution < 1.29 is 13.5 Å². The summed E-state index contributed by atoms with van der Waals surface area (Å²) in [6, 6.07) is 7.00. The van der Waals surface area contributed by atoms with Crippen LogP contribution in [0, 0.1) is 6.92 Å². The summed E-state index contributed by atoms with van der Waals surface area (Å²) in [5, 5.41) is 1.06. The van der Waals surface area contributed by atoms with Gasteiger partial charge in [-0.15, -0.1) is 11.3 Å². The molecule has 0 radical (unpaired) electrons. The average Bonchev–Trinajstić information content (AvgIpc) is 2.42. The highest BCUT2D eigenvalue weighted by molar-refractivity contribution is 7.19. The fourth-order valence-corrected chi connectivity index (χ4v) is 2.27. The minimum atomic E-state index is -2.76. The maximum atomic E-state index is 11.9. The van der Waals surface area contributed by atoms with E-state index in [1.165, 1.54) is 0 Å². The third-order valence-corrected chi connectivity index (χ3v) is 2.85. The van der Waals surface area contributed by atoms with Gasteiger partial charge in [-0.3, -0.25) is 0 Å². The van der Waals surface area contributed by atoms with Gasteiger partial charge in [0.15, 0.2) is 0 Å². The largest absolute Gasteiger partial charge is 0.435 e. The minimum absolute atomic E-state index is 0.217. The maximum absolute atomic E-state index is 11.9. The van der Waals surface area contributed by atoms with Crippen molar-refractivity contribution >= 4 is 21.4 Å². The van der Waals surface area contributed by atoms with Gasteiger partial charge in [-0.25, -0.2) is 0 Å². The fourth-order valence-electron chi connectivity index (χ4n) is 1.32. The molecule has 1 heterocycles. The Morgan fingerprint density at radius 1 is 1.29 bits per heavy atom. The highest BCUT2D eigenvalue weighted by Gasteiger charge is 2.05. The molecule has 1 aromatic heterocycles. The van der Waals surface area contributed by atoms with Crippen molar-refractivity contribution in [1.82, 2.24) is 0 Å². The van der Waals surface area contributed by atoms with Crippen molar-refractivity contribution in [1.29, 1.82) is 0 Å². The van der Waals surface area contributed by atoms with Gasteiger partial charge in [-0.2, -0.15) is 8.78 Å². The first-order chi connectivity index (χ1) is 6.65. The first-order valence-corrected chi connectivity index (χ1v) is 4.92. The zero-order valence-corrected chi connectivity index (χ0v) is 8.28. The summed E-state index contributed by atoms with van der Waals surface area (Å²) < 4.78 is 29.1. The zero-order chi connectivity index (χ0) is 10.1. The van der Waals surface area contributed by atoms with Crippen molar-refractivity contribution in [2.24, 2.45) is 0 Å². The average molecular weight is 214 g/mol. The number of ether oxygens (including phenoxy) is 1. The summed E-state index contributed by atoms with van der Waals surface area (Å²) in [5.74, 6) is 0.217. The second-order valence-corrected chi connectivity index (χ2v) is 4.22. The quantitative estimate of drug-likeness (QED) is 0.738. The monoisotopic (exact) mass is 214 g/mol. The van der Waals surface area contributed by atoms with Gasteiger partial charge in [0.2, 0.25) is 0 Å². The minimum Gasteiger partial charge on any atom is -0.435 e. The highest BCUT2D eigenvalue weighted by Crippen LogP contribution is 2.29. The predicted octanol–water partition coefficient (Wildman–Crippen LogP) is 3.81. The number of halogens is 2. The van der Waals surface area contributed by atoms with E-state index < -0.39 is 6.61 Å². The molecule has 0 atom stereocenters. The van der Waals surface area contributed by atoms with Gasteiger partial charge >= 0.3 is 6.61 Å². The fraction of sp³-hybridized carbons (Fsp3) is 0.200. The van der Waals surface area contributed by atoms with Crippen LogP contribution in [0.5, 0.6) is 5.75 Å². The van der Waals surface area contributed by atoms with Crippen LogP contribution in [-0.4, -0.2) is 6.61 Å². The Hall–Kier alpha value is -1.16. The van der Waals surface area contributed by atoms with E-state index in [1.807, 2.05) is 13.0 Å². The molecule has 0 aliphatic heterocycles.